The number of rotatable bonds is 3. The SMILES string of the molecule is c1cc(-c2ccc3sc4c(ccc5c6ccc7ccccc7c6sc54)c3c2)cc(-c2c3ccccc3c(-c3cccc4ccccc34)c3ccccc23)c1. The summed E-state index contributed by atoms with van der Waals surface area (Å²) in [6, 6.07) is 67.7. The van der Waals surface area contributed by atoms with Crippen LogP contribution in [0.15, 0.2) is 182 Å². The first-order valence-electron chi connectivity index (χ1n) is 18.5. The van der Waals surface area contributed by atoms with Crippen LogP contribution in [0.2, 0.25) is 0 Å². The van der Waals surface area contributed by atoms with E-state index in [1.807, 2.05) is 22.7 Å². The van der Waals surface area contributed by atoms with Crippen LogP contribution in [-0.4, -0.2) is 0 Å². The highest BCUT2D eigenvalue weighted by molar-refractivity contribution is 7.34. The van der Waals surface area contributed by atoms with Gasteiger partial charge in [0, 0.05) is 30.9 Å². The maximum Gasteiger partial charge on any atom is 0.0534 e. The van der Waals surface area contributed by atoms with Crippen molar-refractivity contribution in [2.24, 2.45) is 0 Å². The summed E-state index contributed by atoms with van der Waals surface area (Å²) in [4.78, 5) is 0. The molecule has 2 aromatic heterocycles. The van der Waals surface area contributed by atoms with E-state index in [1.54, 1.807) is 0 Å². The van der Waals surface area contributed by atoms with Crippen molar-refractivity contribution in [3.05, 3.63) is 182 Å². The largest absolute Gasteiger partial charge is 0.134 e. The summed E-state index contributed by atoms with van der Waals surface area (Å²) in [6.07, 6.45) is 0. The predicted molar refractivity (Wildman–Crippen MR) is 239 cm³/mol. The maximum absolute atomic E-state index is 2.42. The zero-order chi connectivity index (χ0) is 35.3. The van der Waals surface area contributed by atoms with E-state index in [2.05, 4.69) is 182 Å². The van der Waals surface area contributed by atoms with Crippen LogP contribution in [0.1, 0.15) is 0 Å². The van der Waals surface area contributed by atoms with Gasteiger partial charge in [-0.15, -0.1) is 22.7 Å². The van der Waals surface area contributed by atoms with Gasteiger partial charge in [-0.05, 0) is 94.7 Å². The van der Waals surface area contributed by atoms with Gasteiger partial charge >= 0.3 is 0 Å². The van der Waals surface area contributed by atoms with E-state index in [4.69, 9.17) is 0 Å². The van der Waals surface area contributed by atoms with E-state index >= 15 is 0 Å². The van der Waals surface area contributed by atoms with Crippen molar-refractivity contribution in [2.45, 2.75) is 0 Å². The summed E-state index contributed by atoms with van der Waals surface area (Å²) < 4.78 is 5.51. The first kappa shape index (κ1) is 30.2. The second-order valence-electron chi connectivity index (χ2n) is 14.3. The molecule has 0 N–H and O–H groups in total. The Balaban J connectivity index is 1.04. The van der Waals surface area contributed by atoms with Crippen LogP contribution in [0.5, 0.6) is 0 Å². The Morgan fingerprint density at radius 2 is 0.778 bits per heavy atom. The normalized spacial score (nSPS) is 12.1. The van der Waals surface area contributed by atoms with Gasteiger partial charge in [-0.3, -0.25) is 0 Å². The molecule has 0 aliphatic rings. The molecule has 0 atom stereocenters. The van der Waals surface area contributed by atoms with Crippen molar-refractivity contribution in [3.63, 3.8) is 0 Å². The smallest absolute Gasteiger partial charge is 0.0534 e. The van der Waals surface area contributed by atoms with Crippen LogP contribution >= 0.6 is 22.7 Å². The summed E-state index contributed by atoms with van der Waals surface area (Å²) in [6.45, 7) is 0. The minimum Gasteiger partial charge on any atom is -0.134 e. The number of hydrogen-bond acceptors (Lipinski definition) is 2. The average Bonchev–Trinajstić information content (AvgIpc) is 3.81. The third kappa shape index (κ3) is 4.36. The second kappa shape index (κ2) is 11.6. The number of fused-ring (bicyclic) bond motifs is 12. The molecule has 10 aromatic carbocycles. The molecule has 0 saturated heterocycles. The van der Waals surface area contributed by atoms with Crippen LogP contribution in [0.4, 0.5) is 0 Å². The van der Waals surface area contributed by atoms with Crippen LogP contribution < -0.4 is 0 Å². The average molecular weight is 719 g/mol. The van der Waals surface area contributed by atoms with E-state index in [1.165, 1.54) is 117 Å². The fourth-order valence-corrected chi connectivity index (χ4v) is 11.7. The molecule has 0 radical (unpaired) electrons. The van der Waals surface area contributed by atoms with Crippen molar-refractivity contribution in [1.29, 1.82) is 0 Å². The molecule has 0 aliphatic carbocycles. The highest BCUT2D eigenvalue weighted by Gasteiger charge is 2.19. The lowest BCUT2D eigenvalue weighted by molar-refractivity contribution is 1.63. The third-order valence-corrected chi connectivity index (χ3v) is 14.0. The van der Waals surface area contributed by atoms with Crippen molar-refractivity contribution in [1.82, 2.24) is 0 Å². The van der Waals surface area contributed by atoms with E-state index in [0.717, 1.165) is 0 Å². The summed E-state index contributed by atoms with van der Waals surface area (Å²) in [5.74, 6) is 0. The van der Waals surface area contributed by atoms with Gasteiger partial charge in [0.25, 0.3) is 0 Å². The summed E-state index contributed by atoms with van der Waals surface area (Å²) >= 11 is 3.88. The highest BCUT2D eigenvalue weighted by atomic mass is 32.1. The van der Waals surface area contributed by atoms with E-state index in [9.17, 15) is 0 Å². The Bertz CT molecular complexity index is 3440. The molecule has 0 bridgehead atoms. The molecule has 2 heteroatoms. The van der Waals surface area contributed by atoms with Gasteiger partial charge in [0.1, 0.15) is 0 Å². The topological polar surface area (TPSA) is 0 Å². The molecule has 0 spiro atoms. The molecule has 0 unspecified atom stereocenters. The Labute approximate surface area is 319 Å². The van der Waals surface area contributed by atoms with Crippen LogP contribution in [0, 0.1) is 0 Å². The van der Waals surface area contributed by atoms with Crippen LogP contribution in [0.25, 0.3) is 117 Å². The minimum atomic E-state index is 1.23. The lowest BCUT2D eigenvalue weighted by atomic mass is 9.84. The fraction of sp³-hybridized carbons (Fsp3) is 0. The van der Waals surface area contributed by atoms with E-state index in [-0.39, 0.29) is 0 Å². The lowest BCUT2D eigenvalue weighted by Crippen LogP contribution is -1.92. The van der Waals surface area contributed by atoms with Gasteiger partial charge < -0.3 is 0 Å². The molecule has 0 saturated carbocycles. The van der Waals surface area contributed by atoms with E-state index < -0.39 is 0 Å². The zero-order valence-electron chi connectivity index (χ0n) is 29.1. The predicted octanol–water partition coefficient (Wildman–Crippen LogP) is 16.0. The van der Waals surface area contributed by atoms with Crippen molar-refractivity contribution in [3.8, 4) is 33.4 Å². The summed E-state index contributed by atoms with van der Waals surface area (Å²) in [5, 5.41) is 15.7. The van der Waals surface area contributed by atoms with Gasteiger partial charge in [0.05, 0.1) is 9.40 Å². The van der Waals surface area contributed by atoms with Crippen LogP contribution in [-0.2, 0) is 0 Å². The monoisotopic (exact) mass is 718 g/mol. The molecule has 54 heavy (non-hydrogen) atoms. The molecule has 0 fully saturated rings. The Morgan fingerprint density at radius 3 is 1.54 bits per heavy atom. The summed E-state index contributed by atoms with van der Waals surface area (Å²) in [5.41, 5.74) is 7.57. The standard InChI is InChI=1S/C52H30S2/c1-3-16-36-31(11-1)13-10-22-38(36)49-41-20-7-5-18-39(41)48(40-19-6-8-21-42(40)49)35-15-9-14-33(29-35)34-24-28-47-46(30-34)45-27-26-44-43-25-23-32-12-2-4-17-37(32)50(43)54-52(44)51(45)53-47/h1-30H. The fourth-order valence-electron chi connectivity index (χ4n) is 9.00. The van der Waals surface area contributed by atoms with Crippen molar-refractivity contribution in [2.75, 3.05) is 0 Å². The van der Waals surface area contributed by atoms with Gasteiger partial charge in [-0.2, -0.15) is 0 Å². The molecule has 0 amide bonds. The van der Waals surface area contributed by atoms with Gasteiger partial charge in [-0.1, -0.05) is 164 Å². The molecule has 12 rings (SSSR count). The number of thiophene rings is 2. The van der Waals surface area contributed by atoms with Gasteiger partial charge in [-0.25, -0.2) is 0 Å². The van der Waals surface area contributed by atoms with Gasteiger partial charge in [0.15, 0.2) is 0 Å². The third-order valence-electron chi connectivity index (χ3n) is 11.4. The zero-order valence-corrected chi connectivity index (χ0v) is 30.8. The number of benzene rings is 10. The number of hydrogen-bond donors (Lipinski definition) is 0. The lowest BCUT2D eigenvalue weighted by Gasteiger charge is -2.19. The van der Waals surface area contributed by atoms with Crippen molar-refractivity contribution >= 4 is 106 Å². The van der Waals surface area contributed by atoms with E-state index in [0.29, 0.717) is 0 Å². The molecular formula is C52H30S2. The molecule has 12 aromatic rings. The Hall–Kier alpha value is -6.32. The second-order valence-corrected chi connectivity index (χ2v) is 16.4. The molecule has 0 nitrogen and oxygen atoms in total. The molecular weight excluding hydrogens is 689 g/mol. The highest BCUT2D eigenvalue weighted by Crippen LogP contribution is 2.48. The molecule has 0 aliphatic heterocycles. The Kier molecular flexibility index (Phi) is 6.48. The quantitative estimate of drug-likeness (QED) is 0.160. The maximum atomic E-state index is 2.42. The Morgan fingerprint density at radius 1 is 0.259 bits per heavy atom. The first-order valence-corrected chi connectivity index (χ1v) is 20.1. The molecule has 250 valence electrons. The van der Waals surface area contributed by atoms with Crippen molar-refractivity contribution < 1.29 is 0 Å². The van der Waals surface area contributed by atoms with Crippen LogP contribution in [0.3, 0.4) is 0 Å². The summed E-state index contributed by atoms with van der Waals surface area (Å²) in [7, 11) is 0. The minimum absolute atomic E-state index is 1.23. The molecule has 2 heterocycles. The van der Waals surface area contributed by atoms with Gasteiger partial charge in [0.2, 0.25) is 0 Å². The first-order chi connectivity index (χ1) is 26.8.